The van der Waals surface area contributed by atoms with Gasteiger partial charge in [-0.15, -0.1) is 5.06 Å². The highest BCUT2D eigenvalue weighted by molar-refractivity contribution is 6.01. The molecular weight excluding hydrogens is 476 g/mol. The molecule has 0 spiro atoms. The maximum atomic E-state index is 11.8. The fraction of sp³-hybridized carbons (Fsp3) is 0.750. The molecule has 1 fully saturated rings. The molecule has 0 aromatic heterocycles. The van der Waals surface area contributed by atoms with Crippen molar-refractivity contribution in [3.05, 3.63) is 12.2 Å². The van der Waals surface area contributed by atoms with Gasteiger partial charge in [-0.1, -0.05) is 12.2 Å². The SMILES string of the molecule is O=C(CCOCCOCCOCCOCCNC(=O)OC1CC/C=C/CCC1)ON1C(=O)CCC1=O. The number of allylic oxidation sites excluding steroid dienone is 2. The van der Waals surface area contributed by atoms with E-state index in [0.717, 1.165) is 32.1 Å². The topological polar surface area (TPSA) is 139 Å². The molecular formula is C24H38N2O10. The first-order valence-electron chi connectivity index (χ1n) is 12.5. The highest BCUT2D eigenvalue weighted by Gasteiger charge is 2.32. The summed E-state index contributed by atoms with van der Waals surface area (Å²) < 4.78 is 26.9. The number of carbonyl (C=O) groups excluding carboxylic acids is 4. The number of imide groups is 1. The van der Waals surface area contributed by atoms with Gasteiger partial charge < -0.3 is 33.8 Å². The fourth-order valence-electron chi connectivity index (χ4n) is 3.38. The first-order chi connectivity index (χ1) is 17.6. The van der Waals surface area contributed by atoms with Crippen LogP contribution in [0.4, 0.5) is 4.79 Å². The van der Waals surface area contributed by atoms with E-state index in [9.17, 15) is 19.2 Å². The van der Waals surface area contributed by atoms with E-state index in [0.29, 0.717) is 51.2 Å². The minimum atomic E-state index is -0.700. The number of amides is 3. The van der Waals surface area contributed by atoms with Crippen LogP contribution in [0.1, 0.15) is 51.4 Å². The number of alkyl carbamates (subject to hydrolysis) is 1. The van der Waals surface area contributed by atoms with Gasteiger partial charge in [-0.25, -0.2) is 9.59 Å². The molecule has 0 saturated carbocycles. The van der Waals surface area contributed by atoms with E-state index >= 15 is 0 Å². The molecule has 0 radical (unpaired) electrons. The molecule has 1 aliphatic heterocycles. The lowest BCUT2D eigenvalue weighted by Gasteiger charge is -2.18. The molecule has 0 aromatic carbocycles. The standard InChI is InChI=1S/C24H38N2O10/c27-21-8-9-22(28)26(21)36-23(29)10-12-31-14-16-33-18-19-34-17-15-32-13-11-25-24(30)35-20-6-4-2-1-3-5-7-20/h1-2,20H,3-19H2,(H,25,30)/b2-1+. The highest BCUT2D eigenvalue weighted by Crippen LogP contribution is 2.15. The van der Waals surface area contributed by atoms with E-state index in [2.05, 4.69) is 17.5 Å². The number of nitrogens with zero attached hydrogens (tertiary/aromatic N) is 1. The van der Waals surface area contributed by atoms with Crippen LogP contribution < -0.4 is 5.32 Å². The predicted molar refractivity (Wildman–Crippen MR) is 126 cm³/mol. The largest absolute Gasteiger partial charge is 0.446 e. The van der Waals surface area contributed by atoms with Gasteiger partial charge in [-0.2, -0.15) is 0 Å². The first kappa shape index (κ1) is 29.7. The van der Waals surface area contributed by atoms with Crippen LogP contribution in [-0.2, 0) is 42.9 Å². The Balaban J connectivity index is 1.29. The van der Waals surface area contributed by atoms with E-state index in [1.807, 2.05) is 0 Å². The van der Waals surface area contributed by atoms with Gasteiger partial charge in [0.15, 0.2) is 0 Å². The summed E-state index contributed by atoms with van der Waals surface area (Å²) in [4.78, 5) is 50.9. The average Bonchev–Trinajstić information content (AvgIpc) is 3.15. The first-order valence-corrected chi connectivity index (χ1v) is 12.5. The van der Waals surface area contributed by atoms with E-state index in [1.165, 1.54) is 0 Å². The lowest BCUT2D eigenvalue weighted by molar-refractivity contribution is -0.198. The Labute approximate surface area is 211 Å². The van der Waals surface area contributed by atoms with Crippen LogP contribution in [0.5, 0.6) is 0 Å². The number of hydrogen-bond acceptors (Lipinski definition) is 10. The second kappa shape index (κ2) is 18.7. The van der Waals surface area contributed by atoms with Crippen molar-refractivity contribution in [3.8, 4) is 0 Å². The Morgan fingerprint density at radius 2 is 1.39 bits per heavy atom. The number of ether oxygens (including phenoxy) is 5. The summed E-state index contributed by atoms with van der Waals surface area (Å²) in [6.45, 7) is 3.05. The molecule has 12 nitrogen and oxygen atoms in total. The van der Waals surface area contributed by atoms with Crippen LogP contribution in [0.2, 0.25) is 0 Å². The van der Waals surface area contributed by atoms with E-state index < -0.39 is 23.9 Å². The van der Waals surface area contributed by atoms with Crippen molar-refractivity contribution in [2.75, 3.05) is 59.4 Å². The molecule has 0 aromatic rings. The average molecular weight is 515 g/mol. The van der Waals surface area contributed by atoms with Crippen LogP contribution in [0.3, 0.4) is 0 Å². The number of hydroxylamine groups is 2. The second-order valence-corrected chi connectivity index (χ2v) is 8.18. The summed E-state index contributed by atoms with van der Waals surface area (Å²) in [7, 11) is 0. The van der Waals surface area contributed by atoms with Gasteiger partial charge in [-0.05, 0) is 32.1 Å². The van der Waals surface area contributed by atoms with Crippen molar-refractivity contribution in [2.24, 2.45) is 0 Å². The molecule has 36 heavy (non-hydrogen) atoms. The number of carbonyl (C=O) groups is 4. The Kier molecular flexibility index (Phi) is 15.4. The van der Waals surface area contributed by atoms with Crippen LogP contribution in [0.15, 0.2) is 12.2 Å². The Bertz CT molecular complexity index is 699. The van der Waals surface area contributed by atoms with Crippen LogP contribution in [0, 0.1) is 0 Å². The molecule has 0 bridgehead atoms. The van der Waals surface area contributed by atoms with Gasteiger partial charge in [0.25, 0.3) is 11.8 Å². The van der Waals surface area contributed by atoms with Crippen LogP contribution in [-0.4, -0.2) is 94.4 Å². The van der Waals surface area contributed by atoms with Crippen molar-refractivity contribution in [1.29, 1.82) is 0 Å². The molecule has 1 saturated heterocycles. The zero-order chi connectivity index (χ0) is 25.8. The van der Waals surface area contributed by atoms with Crippen molar-refractivity contribution < 1.29 is 47.7 Å². The van der Waals surface area contributed by atoms with E-state index in [4.69, 9.17) is 28.5 Å². The van der Waals surface area contributed by atoms with Gasteiger partial charge in [-0.3, -0.25) is 9.59 Å². The summed E-state index contributed by atoms with van der Waals surface area (Å²) >= 11 is 0. The summed E-state index contributed by atoms with van der Waals surface area (Å²) in [6.07, 6.45) is 8.70. The molecule has 1 aliphatic carbocycles. The lowest BCUT2D eigenvalue weighted by atomic mass is 10.0. The maximum absolute atomic E-state index is 11.8. The van der Waals surface area contributed by atoms with Gasteiger partial charge in [0.05, 0.1) is 59.3 Å². The number of hydrogen-bond donors (Lipinski definition) is 1. The quantitative estimate of drug-likeness (QED) is 0.173. The fourth-order valence-corrected chi connectivity index (χ4v) is 3.38. The van der Waals surface area contributed by atoms with Crippen molar-refractivity contribution in [2.45, 2.75) is 57.5 Å². The molecule has 2 rings (SSSR count). The number of rotatable bonds is 17. The molecule has 1 N–H and O–H groups in total. The smallest absolute Gasteiger partial charge is 0.407 e. The van der Waals surface area contributed by atoms with Crippen molar-refractivity contribution >= 4 is 23.9 Å². The molecule has 2 aliphatic rings. The van der Waals surface area contributed by atoms with Gasteiger partial charge in [0.2, 0.25) is 0 Å². The molecule has 1 atom stereocenters. The third kappa shape index (κ3) is 13.5. The summed E-state index contributed by atoms with van der Waals surface area (Å²) in [6, 6.07) is 0. The summed E-state index contributed by atoms with van der Waals surface area (Å²) in [5, 5.41) is 3.22. The maximum Gasteiger partial charge on any atom is 0.407 e. The summed E-state index contributed by atoms with van der Waals surface area (Å²) in [5.74, 6) is -1.72. The third-order valence-electron chi connectivity index (χ3n) is 5.27. The summed E-state index contributed by atoms with van der Waals surface area (Å²) in [5.41, 5.74) is 0. The van der Waals surface area contributed by atoms with Crippen molar-refractivity contribution in [1.82, 2.24) is 10.4 Å². The molecule has 3 amide bonds. The third-order valence-corrected chi connectivity index (χ3v) is 5.27. The molecule has 1 heterocycles. The van der Waals surface area contributed by atoms with Crippen LogP contribution >= 0.6 is 0 Å². The lowest BCUT2D eigenvalue weighted by Crippen LogP contribution is -2.32. The zero-order valence-corrected chi connectivity index (χ0v) is 20.8. The van der Waals surface area contributed by atoms with Crippen LogP contribution in [0.25, 0.3) is 0 Å². The van der Waals surface area contributed by atoms with E-state index in [1.54, 1.807) is 0 Å². The molecule has 1 unspecified atom stereocenters. The Hall–Kier alpha value is -2.54. The number of nitrogens with one attached hydrogen (secondary N) is 1. The van der Waals surface area contributed by atoms with Gasteiger partial charge in [0, 0.05) is 19.4 Å². The van der Waals surface area contributed by atoms with E-state index in [-0.39, 0.29) is 38.6 Å². The Morgan fingerprint density at radius 1 is 0.806 bits per heavy atom. The van der Waals surface area contributed by atoms with Gasteiger partial charge in [0.1, 0.15) is 6.10 Å². The predicted octanol–water partition coefficient (Wildman–Crippen LogP) is 1.67. The monoisotopic (exact) mass is 514 g/mol. The molecule has 204 valence electrons. The highest BCUT2D eigenvalue weighted by atomic mass is 16.7. The second-order valence-electron chi connectivity index (χ2n) is 8.18. The van der Waals surface area contributed by atoms with Gasteiger partial charge >= 0.3 is 12.1 Å². The minimum Gasteiger partial charge on any atom is -0.446 e. The normalized spacial score (nSPS) is 19.0. The van der Waals surface area contributed by atoms with Crippen molar-refractivity contribution in [3.63, 3.8) is 0 Å². The zero-order valence-electron chi connectivity index (χ0n) is 20.8. The minimum absolute atomic E-state index is 0.0254. The molecule has 12 heteroatoms. The Morgan fingerprint density at radius 3 is 2.06 bits per heavy atom.